The molecule has 1 rings (SSSR count). The summed E-state index contributed by atoms with van der Waals surface area (Å²) >= 11 is 0. The van der Waals surface area contributed by atoms with Gasteiger partial charge in [0.2, 0.25) is 0 Å². The Morgan fingerprint density at radius 2 is 0.714 bits per heavy atom. The Bertz CT molecular complexity index is 1620. The summed E-state index contributed by atoms with van der Waals surface area (Å²) in [6.07, 6.45) is 22.3. The summed E-state index contributed by atoms with van der Waals surface area (Å²) in [7, 11) is -14.0. The van der Waals surface area contributed by atoms with Gasteiger partial charge in [-0.25, -0.2) is 0 Å². The maximum atomic E-state index is 12.1. The number of rotatable bonds is 33. The van der Waals surface area contributed by atoms with Gasteiger partial charge in [-0.3, -0.25) is 0 Å². The predicted molar refractivity (Wildman–Crippen MR) is 420 cm³/mol. The van der Waals surface area contributed by atoms with Crippen LogP contribution in [-0.2, 0) is 21.2 Å². The smallest absolute Gasteiger partial charge is 0.414 e. The van der Waals surface area contributed by atoms with Gasteiger partial charge in [0.25, 0.3) is 8.68 Å². The summed E-state index contributed by atoms with van der Waals surface area (Å²) < 4.78 is 38.4. The lowest BCUT2D eigenvalue weighted by molar-refractivity contribution is 0.0546. The van der Waals surface area contributed by atoms with Crippen LogP contribution < -0.4 is 5.19 Å². The van der Waals surface area contributed by atoms with Gasteiger partial charge in [0.1, 0.15) is 0 Å². The van der Waals surface area contributed by atoms with Crippen molar-refractivity contribution in [3.8, 4) is 0 Å². The molecule has 0 radical (unpaired) electrons. The first-order chi connectivity index (χ1) is 36.2. The molecule has 0 unspecified atom stereocenters. The van der Waals surface area contributed by atoms with Crippen LogP contribution in [0.2, 0.25) is 194 Å². The predicted octanol–water partition coefficient (Wildman–Crippen LogP) is 26.6. The zero-order valence-electron chi connectivity index (χ0n) is 63.6. The van der Waals surface area contributed by atoms with Gasteiger partial charge < -0.3 is 21.2 Å². The van der Waals surface area contributed by atoms with Gasteiger partial charge in [0, 0.05) is 37.5 Å². The fourth-order valence-corrected chi connectivity index (χ4v) is 29.3. The van der Waals surface area contributed by atoms with Crippen molar-refractivity contribution in [3.05, 3.63) is 30.3 Å². The van der Waals surface area contributed by atoms with Crippen molar-refractivity contribution in [2.75, 3.05) is 0 Å². The van der Waals surface area contributed by atoms with Crippen molar-refractivity contribution in [3.63, 3.8) is 0 Å². The van der Waals surface area contributed by atoms with E-state index >= 15 is 0 Å². The van der Waals surface area contributed by atoms with Gasteiger partial charge in [-0.15, -0.1) is 0 Å². The minimum Gasteiger partial charge on any atom is -0.414 e. The third-order valence-electron chi connectivity index (χ3n) is 13.0. The maximum absolute atomic E-state index is 12.1. The molecule has 84 heavy (non-hydrogen) atoms. The van der Waals surface area contributed by atoms with E-state index in [1.807, 2.05) is 18.2 Å². The standard InChI is InChI=1S/C25H52OSi.C15H32O3Si4.C14H34OSi2.C5H14Si.2C4H12Si.2CH4/c1-7-9-10-11-12-13-14-15-16-17-18-19-20-21-22-24(3,4)25(5,6)23-27(26)8-2;1-19(2,3)16-22(17-20(4,5)6,18-21(7,8)9)15-13-11-10-12-14-15;1-13(2,12-16(5,6)7)11-14(3,4)15-17(8,9)10;1-5-6(2,3)4;2*1-5(2,3)4;;/h7-23H2,1-6H3;10-14H,1-9H3;11-12H2,1-10H3;5H2,1-4H3;2*1-4H3;2*1H4. The zero-order chi connectivity index (χ0) is 66.2. The summed E-state index contributed by atoms with van der Waals surface area (Å²) in [6.45, 7) is 85.2. The Kier molecular flexibility index (Phi) is 52.3. The minimum absolute atomic E-state index is 0. The highest BCUT2D eigenvalue weighted by Crippen LogP contribution is 2.46. The van der Waals surface area contributed by atoms with Crippen molar-refractivity contribution in [2.24, 2.45) is 16.2 Å². The van der Waals surface area contributed by atoms with Gasteiger partial charge in [-0.05, 0) is 134 Å². The molecule has 0 aromatic heterocycles. The largest absolute Gasteiger partial charge is 0.505 e. The first-order valence-corrected chi connectivity index (χ1v) is 66.1. The SMILES string of the molecule is C.C.CC(C)(CC(C)(C)O[Si](C)(C)C)C[Si](C)(C)C.CCCCCCCCCCCCCCCCC(C)(C)C(C)(C)C[Si](=O)CC.CC[Si](C)(C)C.C[Si](C)(C)C.C[Si](C)(C)C.C[Si](C)(C)O[Si](O[Si](C)(C)C)(O[Si](C)(C)C)c1ccccc1. The molecule has 1 aromatic rings. The Hall–Kier alpha value is 1.03. The normalized spacial score (nSPS) is 13.1. The van der Waals surface area contributed by atoms with E-state index < -0.39 is 83.1 Å². The first-order valence-electron chi connectivity index (χ1n) is 33.6. The van der Waals surface area contributed by atoms with Crippen molar-refractivity contribution in [1.82, 2.24) is 0 Å². The van der Waals surface area contributed by atoms with Gasteiger partial charge in [0.15, 0.2) is 33.3 Å². The van der Waals surface area contributed by atoms with Crippen molar-refractivity contribution in [1.29, 1.82) is 0 Å². The third-order valence-corrected chi connectivity index (χ3v) is 32.0. The lowest BCUT2D eigenvalue weighted by atomic mass is 9.66. The van der Waals surface area contributed by atoms with Crippen LogP contribution in [0, 0.1) is 16.2 Å². The minimum atomic E-state index is -2.89. The molecule has 5 nitrogen and oxygen atoms in total. The highest BCUT2D eigenvalue weighted by Gasteiger charge is 2.52. The lowest BCUT2D eigenvalue weighted by Crippen LogP contribution is -2.67. The Morgan fingerprint density at radius 1 is 0.417 bits per heavy atom. The monoisotopic (exact) mass is 1350 g/mol. The van der Waals surface area contributed by atoms with E-state index in [2.05, 4.69) is 259 Å². The topological polar surface area (TPSA) is 54.0 Å². The van der Waals surface area contributed by atoms with E-state index in [9.17, 15) is 4.46 Å². The van der Waals surface area contributed by atoms with E-state index in [1.165, 1.54) is 108 Å². The van der Waals surface area contributed by atoms with Crippen molar-refractivity contribution >= 4 is 88.2 Å². The summed E-state index contributed by atoms with van der Waals surface area (Å²) in [5.74, 6) is 0. The fourth-order valence-electron chi connectivity index (χ4n) is 9.56. The Labute approximate surface area is 545 Å². The second-order valence-electron chi connectivity index (χ2n) is 36.7. The first kappa shape index (κ1) is 98.6. The fraction of sp³-hybridized carbons (Fsp3) is 0.913. The zero-order valence-corrected chi connectivity index (χ0v) is 73.6. The molecule has 0 aliphatic heterocycles. The molecule has 0 bridgehead atoms. The molecule has 0 saturated carbocycles. The number of hydrogen-bond acceptors (Lipinski definition) is 5. The van der Waals surface area contributed by atoms with Crippen LogP contribution in [0.25, 0.3) is 0 Å². The van der Waals surface area contributed by atoms with E-state index in [0.29, 0.717) is 10.8 Å². The molecule has 0 N–H and O–H groups in total. The van der Waals surface area contributed by atoms with Gasteiger partial charge >= 0.3 is 8.80 Å². The van der Waals surface area contributed by atoms with Crippen LogP contribution in [0.4, 0.5) is 0 Å². The average molecular weight is 1350 g/mol. The Morgan fingerprint density at radius 3 is 0.964 bits per heavy atom. The molecular formula is C69H164O5Si10. The summed E-state index contributed by atoms with van der Waals surface area (Å²) in [5, 5.41) is 1.10. The van der Waals surface area contributed by atoms with Crippen molar-refractivity contribution < 1.29 is 21.2 Å². The summed E-state index contributed by atoms with van der Waals surface area (Å²) in [4.78, 5) is 0. The van der Waals surface area contributed by atoms with E-state index in [0.717, 1.165) is 23.7 Å². The molecular weight excluding hydrogens is 1190 g/mol. The molecule has 15 heteroatoms. The Balaban J connectivity index is -0.000000187. The van der Waals surface area contributed by atoms with Crippen LogP contribution in [0.3, 0.4) is 0 Å². The second kappa shape index (κ2) is 44.6. The van der Waals surface area contributed by atoms with Gasteiger partial charge in [-0.2, -0.15) is 0 Å². The molecule has 0 saturated heterocycles. The van der Waals surface area contributed by atoms with Crippen LogP contribution in [0.15, 0.2) is 30.3 Å². The number of hydrogen-bond donors (Lipinski definition) is 0. The molecule has 510 valence electrons. The third kappa shape index (κ3) is 73.8. The quantitative estimate of drug-likeness (QED) is 0.0519. The van der Waals surface area contributed by atoms with Crippen LogP contribution in [0.5, 0.6) is 0 Å². The molecule has 0 aliphatic carbocycles. The molecule has 0 aliphatic rings. The maximum Gasteiger partial charge on any atom is 0.505 e. The molecule has 1 aromatic carbocycles. The molecule has 0 heterocycles. The van der Waals surface area contributed by atoms with Crippen molar-refractivity contribution in [2.45, 2.75) is 394 Å². The van der Waals surface area contributed by atoms with E-state index in [-0.39, 0.29) is 25.9 Å². The molecule has 0 atom stereocenters. The number of benzene rings is 1. The van der Waals surface area contributed by atoms with Crippen LogP contribution in [0.1, 0.15) is 194 Å². The van der Waals surface area contributed by atoms with Gasteiger partial charge in [-0.1, -0.05) is 301 Å². The molecule has 0 fully saturated rings. The average Bonchev–Trinajstić information content (AvgIpc) is 3.19. The van der Waals surface area contributed by atoms with E-state index in [1.54, 1.807) is 0 Å². The highest BCUT2D eigenvalue weighted by atomic mass is 28.5. The highest BCUT2D eigenvalue weighted by molar-refractivity contribution is 6.95. The number of unbranched alkanes of at least 4 members (excludes halogenated alkanes) is 13. The second-order valence-corrected chi connectivity index (χ2v) is 83.4. The van der Waals surface area contributed by atoms with Gasteiger partial charge in [0.05, 0.1) is 5.60 Å². The lowest BCUT2D eigenvalue weighted by Gasteiger charge is -2.42. The van der Waals surface area contributed by atoms with Crippen LogP contribution in [-0.4, -0.2) is 88.7 Å². The summed E-state index contributed by atoms with van der Waals surface area (Å²) in [6, 6.07) is 14.9. The summed E-state index contributed by atoms with van der Waals surface area (Å²) in [5.41, 5.74) is 0.899. The van der Waals surface area contributed by atoms with Crippen LogP contribution >= 0.6 is 0 Å². The molecule has 0 spiro atoms. The van der Waals surface area contributed by atoms with E-state index in [4.69, 9.17) is 16.8 Å². The molecule has 0 amide bonds.